The molecule has 5 heteroatoms. The molecule has 1 heterocycles. The first kappa shape index (κ1) is 12.2. The number of rotatable bonds is 1. The Labute approximate surface area is 106 Å². The van der Waals surface area contributed by atoms with Crippen molar-refractivity contribution >= 4 is 23.3 Å². The van der Waals surface area contributed by atoms with Gasteiger partial charge in [-0.1, -0.05) is 11.6 Å². The van der Waals surface area contributed by atoms with Gasteiger partial charge in [-0.15, -0.1) is 0 Å². The number of piperidine rings is 1. The Kier molecular flexibility index (Phi) is 3.86. The van der Waals surface area contributed by atoms with Gasteiger partial charge in [-0.05, 0) is 37.1 Å². The van der Waals surface area contributed by atoms with Crippen molar-refractivity contribution in [3.63, 3.8) is 0 Å². The largest absolute Gasteiger partial charge is 0.326 e. The van der Waals surface area contributed by atoms with Crippen molar-refractivity contribution in [1.82, 2.24) is 4.90 Å². The number of hydrogen-bond donors (Lipinski definition) is 2. The molecule has 2 amide bonds. The van der Waals surface area contributed by atoms with Crippen LogP contribution >= 0.6 is 11.6 Å². The molecular weight excluding hydrogens is 238 g/mol. The highest BCUT2D eigenvalue weighted by Crippen LogP contribution is 2.15. The lowest BCUT2D eigenvalue weighted by atomic mass is 10.1. The zero-order chi connectivity index (χ0) is 12.3. The minimum absolute atomic E-state index is 0.0949. The highest BCUT2D eigenvalue weighted by Gasteiger charge is 2.20. The molecule has 1 aliphatic heterocycles. The second-order valence-electron chi connectivity index (χ2n) is 4.29. The van der Waals surface area contributed by atoms with Gasteiger partial charge in [-0.3, -0.25) is 0 Å². The summed E-state index contributed by atoms with van der Waals surface area (Å²) in [5, 5.41) is 3.49. The van der Waals surface area contributed by atoms with Crippen LogP contribution in [0, 0.1) is 0 Å². The number of anilines is 1. The number of hydrogen-bond acceptors (Lipinski definition) is 2. The summed E-state index contributed by atoms with van der Waals surface area (Å²) in [6.45, 7) is 1.40. The van der Waals surface area contributed by atoms with E-state index in [1.54, 1.807) is 29.2 Å². The minimum atomic E-state index is -0.0949. The first-order chi connectivity index (χ1) is 8.15. The van der Waals surface area contributed by atoms with Gasteiger partial charge in [-0.25, -0.2) is 4.79 Å². The molecule has 0 unspecified atom stereocenters. The normalized spacial score (nSPS) is 20.1. The van der Waals surface area contributed by atoms with Crippen LogP contribution in [0.15, 0.2) is 24.3 Å². The molecule has 92 valence electrons. The van der Waals surface area contributed by atoms with Crippen molar-refractivity contribution in [2.24, 2.45) is 5.73 Å². The summed E-state index contributed by atoms with van der Waals surface area (Å²) in [5.74, 6) is 0. The first-order valence-electron chi connectivity index (χ1n) is 5.72. The SMILES string of the molecule is N[C@H]1CCCN(C(=O)Nc2ccc(Cl)cc2)C1. The third kappa shape index (κ3) is 3.35. The molecule has 2 rings (SSSR count). The molecule has 3 N–H and O–H groups in total. The van der Waals surface area contributed by atoms with Gasteiger partial charge in [0.25, 0.3) is 0 Å². The van der Waals surface area contributed by atoms with Crippen LogP contribution in [0.1, 0.15) is 12.8 Å². The summed E-state index contributed by atoms with van der Waals surface area (Å²) in [5.41, 5.74) is 6.59. The predicted octanol–water partition coefficient (Wildman–Crippen LogP) is 2.29. The zero-order valence-electron chi connectivity index (χ0n) is 9.53. The van der Waals surface area contributed by atoms with Crippen molar-refractivity contribution in [1.29, 1.82) is 0 Å². The molecular formula is C12H16ClN3O. The molecule has 0 aliphatic carbocycles. The number of nitrogens with two attached hydrogens (primary N) is 1. The van der Waals surface area contributed by atoms with Crippen LogP contribution in [0.25, 0.3) is 0 Å². The smallest absolute Gasteiger partial charge is 0.321 e. The lowest BCUT2D eigenvalue weighted by Gasteiger charge is -2.30. The van der Waals surface area contributed by atoms with E-state index < -0.39 is 0 Å². The molecule has 0 radical (unpaired) electrons. The average Bonchev–Trinajstić information content (AvgIpc) is 2.32. The van der Waals surface area contributed by atoms with Crippen LogP contribution in [-0.4, -0.2) is 30.1 Å². The van der Waals surface area contributed by atoms with Gasteiger partial charge in [0.2, 0.25) is 0 Å². The number of likely N-dealkylation sites (tertiary alicyclic amines) is 1. The van der Waals surface area contributed by atoms with Crippen molar-refractivity contribution in [2.75, 3.05) is 18.4 Å². The first-order valence-corrected chi connectivity index (χ1v) is 6.10. The van der Waals surface area contributed by atoms with E-state index in [-0.39, 0.29) is 12.1 Å². The van der Waals surface area contributed by atoms with Crippen molar-refractivity contribution in [3.8, 4) is 0 Å². The monoisotopic (exact) mass is 253 g/mol. The van der Waals surface area contributed by atoms with Gasteiger partial charge < -0.3 is 16.0 Å². The Bertz CT molecular complexity index is 393. The van der Waals surface area contributed by atoms with E-state index in [1.165, 1.54) is 0 Å². The number of nitrogens with one attached hydrogen (secondary N) is 1. The number of carbonyl (C=O) groups is 1. The van der Waals surface area contributed by atoms with Crippen LogP contribution in [0.3, 0.4) is 0 Å². The van der Waals surface area contributed by atoms with Gasteiger partial charge in [0.1, 0.15) is 0 Å². The number of amides is 2. The third-order valence-corrected chi connectivity index (χ3v) is 3.09. The summed E-state index contributed by atoms with van der Waals surface area (Å²) in [6, 6.07) is 7.06. The van der Waals surface area contributed by atoms with Crippen molar-refractivity contribution in [2.45, 2.75) is 18.9 Å². The Hall–Kier alpha value is -1.26. The molecule has 1 aliphatic rings. The van der Waals surface area contributed by atoms with E-state index in [0.717, 1.165) is 25.1 Å². The number of carbonyl (C=O) groups excluding carboxylic acids is 1. The molecule has 1 saturated heterocycles. The molecule has 0 bridgehead atoms. The van der Waals surface area contributed by atoms with E-state index in [0.29, 0.717) is 11.6 Å². The Morgan fingerprint density at radius 1 is 1.41 bits per heavy atom. The number of nitrogens with zero attached hydrogens (tertiary/aromatic N) is 1. The lowest BCUT2D eigenvalue weighted by molar-refractivity contribution is 0.193. The summed E-state index contributed by atoms with van der Waals surface area (Å²) in [4.78, 5) is 13.7. The highest BCUT2D eigenvalue weighted by atomic mass is 35.5. The maximum atomic E-state index is 11.9. The maximum absolute atomic E-state index is 11.9. The molecule has 0 saturated carbocycles. The fraction of sp³-hybridized carbons (Fsp3) is 0.417. The number of halogens is 1. The summed E-state index contributed by atoms with van der Waals surface area (Å²) >= 11 is 5.78. The van der Waals surface area contributed by atoms with Crippen LogP contribution in [-0.2, 0) is 0 Å². The fourth-order valence-electron chi connectivity index (χ4n) is 1.93. The number of benzene rings is 1. The average molecular weight is 254 g/mol. The van der Waals surface area contributed by atoms with E-state index in [1.807, 2.05) is 0 Å². The molecule has 1 aromatic carbocycles. The Morgan fingerprint density at radius 3 is 2.76 bits per heavy atom. The van der Waals surface area contributed by atoms with E-state index in [2.05, 4.69) is 5.32 Å². The van der Waals surface area contributed by atoms with Gasteiger partial charge in [0, 0.05) is 29.8 Å². The molecule has 17 heavy (non-hydrogen) atoms. The van der Waals surface area contributed by atoms with Crippen molar-refractivity contribution < 1.29 is 4.79 Å². The summed E-state index contributed by atoms with van der Waals surface area (Å²) in [6.07, 6.45) is 1.96. The quantitative estimate of drug-likeness (QED) is 0.807. The minimum Gasteiger partial charge on any atom is -0.326 e. The topological polar surface area (TPSA) is 58.4 Å². The van der Waals surface area contributed by atoms with Gasteiger partial charge in [-0.2, -0.15) is 0 Å². The molecule has 0 spiro atoms. The molecule has 4 nitrogen and oxygen atoms in total. The van der Waals surface area contributed by atoms with Crippen LogP contribution in [0.5, 0.6) is 0 Å². The van der Waals surface area contributed by atoms with Crippen LogP contribution in [0.2, 0.25) is 5.02 Å². The maximum Gasteiger partial charge on any atom is 0.321 e. The number of urea groups is 1. The van der Waals surface area contributed by atoms with Crippen LogP contribution in [0.4, 0.5) is 10.5 Å². The fourth-order valence-corrected chi connectivity index (χ4v) is 2.06. The molecule has 0 aromatic heterocycles. The lowest BCUT2D eigenvalue weighted by Crippen LogP contribution is -2.47. The Morgan fingerprint density at radius 2 is 2.12 bits per heavy atom. The van der Waals surface area contributed by atoms with E-state index in [9.17, 15) is 4.79 Å². The van der Waals surface area contributed by atoms with Crippen LogP contribution < -0.4 is 11.1 Å². The van der Waals surface area contributed by atoms with Crippen molar-refractivity contribution in [3.05, 3.63) is 29.3 Å². The molecule has 1 fully saturated rings. The second-order valence-corrected chi connectivity index (χ2v) is 4.72. The summed E-state index contributed by atoms with van der Waals surface area (Å²) in [7, 11) is 0. The van der Waals surface area contributed by atoms with E-state index in [4.69, 9.17) is 17.3 Å². The molecule has 1 atom stereocenters. The van der Waals surface area contributed by atoms with Gasteiger partial charge in [0.15, 0.2) is 0 Å². The third-order valence-electron chi connectivity index (χ3n) is 2.84. The predicted molar refractivity (Wildman–Crippen MR) is 69.3 cm³/mol. The van der Waals surface area contributed by atoms with E-state index >= 15 is 0 Å². The highest BCUT2D eigenvalue weighted by molar-refractivity contribution is 6.30. The zero-order valence-corrected chi connectivity index (χ0v) is 10.3. The van der Waals surface area contributed by atoms with Gasteiger partial charge >= 0.3 is 6.03 Å². The second kappa shape index (κ2) is 5.38. The Balaban J connectivity index is 1.94. The standard InChI is InChI=1S/C12H16ClN3O/c13-9-3-5-11(6-4-9)15-12(17)16-7-1-2-10(14)8-16/h3-6,10H,1-2,7-8,14H2,(H,15,17)/t10-/m0/s1. The summed E-state index contributed by atoms with van der Waals surface area (Å²) < 4.78 is 0. The van der Waals surface area contributed by atoms with Gasteiger partial charge in [0.05, 0.1) is 0 Å². The molecule has 1 aromatic rings.